The maximum absolute atomic E-state index is 13.4. The molecule has 3 N–H and O–H groups in total. The molecule has 3 rings (SSSR count). The Morgan fingerprint density at radius 2 is 1.85 bits per heavy atom. The molecule has 0 amide bonds. The standard InChI is InChI=1S/C15H21F2N3/c1-20-11-3-4-12(20)7-10(6-11)15(19-18)9-2-5-13(16)14(17)8-9/h2,5,8,10-12,15,19H,3-4,6-7,18H2,1H3. The average molecular weight is 281 g/mol. The zero-order chi connectivity index (χ0) is 14.3. The molecule has 0 aliphatic carbocycles. The minimum Gasteiger partial charge on any atom is -0.300 e. The van der Waals surface area contributed by atoms with E-state index in [-0.39, 0.29) is 6.04 Å². The van der Waals surface area contributed by atoms with Crippen LogP contribution in [0.1, 0.15) is 37.3 Å². The summed E-state index contributed by atoms with van der Waals surface area (Å²) >= 11 is 0. The number of hydrazine groups is 1. The Labute approximate surface area is 118 Å². The molecule has 2 aliphatic heterocycles. The molecule has 0 aromatic heterocycles. The molecule has 2 bridgehead atoms. The van der Waals surface area contributed by atoms with Gasteiger partial charge in [0.15, 0.2) is 11.6 Å². The van der Waals surface area contributed by atoms with Gasteiger partial charge >= 0.3 is 0 Å². The van der Waals surface area contributed by atoms with Crippen molar-refractivity contribution in [3.8, 4) is 0 Å². The highest BCUT2D eigenvalue weighted by Gasteiger charge is 2.41. The summed E-state index contributed by atoms with van der Waals surface area (Å²) in [4.78, 5) is 2.45. The highest BCUT2D eigenvalue weighted by atomic mass is 19.2. The predicted molar refractivity (Wildman–Crippen MR) is 73.7 cm³/mol. The third-order valence-corrected chi connectivity index (χ3v) is 5.09. The average Bonchev–Trinajstić information content (AvgIpc) is 2.65. The molecule has 0 spiro atoms. The Balaban J connectivity index is 1.81. The van der Waals surface area contributed by atoms with Gasteiger partial charge in [-0.15, -0.1) is 0 Å². The fourth-order valence-corrected chi connectivity index (χ4v) is 3.94. The van der Waals surface area contributed by atoms with Crippen LogP contribution in [0.4, 0.5) is 8.78 Å². The van der Waals surface area contributed by atoms with Crippen LogP contribution in [0.3, 0.4) is 0 Å². The first-order valence-electron chi connectivity index (χ1n) is 7.23. The van der Waals surface area contributed by atoms with E-state index in [1.807, 2.05) is 0 Å². The summed E-state index contributed by atoms with van der Waals surface area (Å²) in [5, 5.41) is 0. The van der Waals surface area contributed by atoms with E-state index in [4.69, 9.17) is 5.84 Å². The number of nitrogens with one attached hydrogen (secondary N) is 1. The van der Waals surface area contributed by atoms with Crippen molar-refractivity contribution < 1.29 is 8.78 Å². The van der Waals surface area contributed by atoms with Gasteiger partial charge in [0.1, 0.15) is 0 Å². The molecule has 3 nitrogen and oxygen atoms in total. The first-order valence-corrected chi connectivity index (χ1v) is 7.23. The van der Waals surface area contributed by atoms with E-state index in [1.54, 1.807) is 6.07 Å². The third kappa shape index (κ3) is 2.34. The monoisotopic (exact) mass is 281 g/mol. The van der Waals surface area contributed by atoms with E-state index in [0.29, 0.717) is 18.0 Å². The van der Waals surface area contributed by atoms with Gasteiger partial charge in [0.05, 0.1) is 0 Å². The van der Waals surface area contributed by atoms with E-state index >= 15 is 0 Å². The third-order valence-electron chi connectivity index (χ3n) is 5.09. The van der Waals surface area contributed by atoms with Gasteiger partial charge in [0.25, 0.3) is 0 Å². The number of piperidine rings is 1. The largest absolute Gasteiger partial charge is 0.300 e. The molecule has 3 unspecified atom stereocenters. The van der Waals surface area contributed by atoms with E-state index in [2.05, 4.69) is 17.4 Å². The lowest BCUT2D eigenvalue weighted by Crippen LogP contribution is -2.45. The summed E-state index contributed by atoms with van der Waals surface area (Å²) in [6.07, 6.45) is 4.57. The molecule has 2 fully saturated rings. The van der Waals surface area contributed by atoms with Gasteiger partial charge in [0, 0.05) is 18.1 Å². The maximum atomic E-state index is 13.4. The SMILES string of the molecule is CN1C2CCC1CC(C(NN)c1ccc(F)c(F)c1)C2. The Bertz CT molecular complexity index is 480. The Morgan fingerprint density at radius 3 is 2.40 bits per heavy atom. The summed E-state index contributed by atoms with van der Waals surface area (Å²) in [5.41, 5.74) is 3.55. The van der Waals surface area contributed by atoms with Gasteiger partial charge in [-0.25, -0.2) is 8.78 Å². The van der Waals surface area contributed by atoms with Gasteiger partial charge in [-0.3, -0.25) is 11.3 Å². The molecule has 3 atom stereocenters. The molecule has 1 aromatic rings. The summed E-state index contributed by atoms with van der Waals surface area (Å²) in [5.74, 6) is 4.44. The molecule has 2 saturated heterocycles. The number of rotatable bonds is 3. The lowest BCUT2D eigenvalue weighted by atomic mass is 9.82. The number of nitrogens with zero attached hydrogens (tertiary/aromatic N) is 1. The molecule has 5 heteroatoms. The number of benzene rings is 1. The van der Waals surface area contributed by atoms with E-state index in [9.17, 15) is 8.78 Å². The van der Waals surface area contributed by atoms with E-state index in [1.165, 1.54) is 25.0 Å². The number of nitrogens with two attached hydrogens (primary N) is 1. The summed E-state index contributed by atoms with van der Waals surface area (Å²) in [7, 11) is 2.18. The lowest BCUT2D eigenvalue weighted by Gasteiger charge is -2.39. The smallest absolute Gasteiger partial charge is 0.159 e. The fraction of sp³-hybridized carbons (Fsp3) is 0.600. The van der Waals surface area contributed by atoms with Crippen LogP contribution in [-0.4, -0.2) is 24.0 Å². The Morgan fingerprint density at radius 1 is 1.20 bits per heavy atom. The second-order valence-electron chi connectivity index (χ2n) is 6.10. The van der Waals surface area contributed by atoms with Crippen LogP contribution in [0.2, 0.25) is 0 Å². The number of halogens is 2. The van der Waals surface area contributed by atoms with Crippen molar-refractivity contribution in [1.82, 2.24) is 10.3 Å². The molecular weight excluding hydrogens is 260 g/mol. The van der Waals surface area contributed by atoms with E-state index in [0.717, 1.165) is 18.4 Å². The summed E-state index contributed by atoms with van der Waals surface area (Å²) < 4.78 is 26.5. The molecule has 0 saturated carbocycles. The molecule has 0 radical (unpaired) electrons. The van der Waals surface area contributed by atoms with Crippen molar-refractivity contribution in [2.75, 3.05) is 7.05 Å². The minimum atomic E-state index is -0.812. The molecule has 2 heterocycles. The molecule has 2 aliphatic rings. The van der Waals surface area contributed by atoms with Crippen LogP contribution in [0.15, 0.2) is 18.2 Å². The van der Waals surface area contributed by atoms with Gasteiger partial charge < -0.3 is 4.90 Å². The van der Waals surface area contributed by atoms with Gasteiger partial charge in [-0.05, 0) is 56.3 Å². The van der Waals surface area contributed by atoms with Crippen molar-refractivity contribution >= 4 is 0 Å². The van der Waals surface area contributed by atoms with Crippen molar-refractivity contribution in [3.05, 3.63) is 35.4 Å². The molecule has 1 aromatic carbocycles. The first-order chi connectivity index (χ1) is 9.60. The number of hydrogen-bond acceptors (Lipinski definition) is 3. The van der Waals surface area contributed by atoms with Crippen molar-refractivity contribution in [3.63, 3.8) is 0 Å². The van der Waals surface area contributed by atoms with Gasteiger partial charge in [-0.2, -0.15) is 0 Å². The minimum absolute atomic E-state index is 0.109. The number of hydrogen-bond donors (Lipinski definition) is 2. The van der Waals surface area contributed by atoms with Crippen LogP contribution in [0.5, 0.6) is 0 Å². The Hall–Kier alpha value is -1.04. The van der Waals surface area contributed by atoms with Crippen molar-refractivity contribution in [1.29, 1.82) is 0 Å². The topological polar surface area (TPSA) is 41.3 Å². The van der Waals surface area contributed by atoms with Gasteiger partial charge in [-0.1, -0.05) is 6.07 Å². The van der Waals surface area contributed by atoms with Crippen LogP contribution >= 0.6 is 0 Å². The second-order valence-corrected chi connectivity index (χ2v) is 6.10. The highest BCUT2D eigenvalue weighted by molar-refractivity contribution is 5.22. The van der Waals surface area contributed by atoms with Crippen LogP contribution in [-0.2, 0) is 0 Å². The highest BCUT2D eigenvalue weighted by Crippen LogP contribution is 2.42. The second kappa shape index (κ2) is 5.39. The maximum Gasteiger partial charge on any atom is 0.159 e. The van der Waals surface area contributed by atoms with Gasteiger partial charge in [0.2, 0.25) is 0 Å². The van der Waals surface area contributed by atoms with Crippen molar-refractivity contribution in [2.24, 2.45) is 11.8 Å². The first kappa shape index (κ1) is 13.9. The van der Waals surface area contributed by atoms with Crippen LogP contribution in [0.25, 0.3) is 0 Å². The van der Waals surface area contributed by atoms with E-state index < -0.39 is 11.6 Å². The molecular formula is C15H21F2N3. The lowest BCUT2D eigenvalue weighted by molar-refractivity contribution is 0.112. The zero-order valence-electron chi connectivity index (χ0n) is 11.7. The van der Waals surface area contributed by atoms with Crippen LogP contribution in [0, 0.1) is 17.6 Å². The van der Waals surface area contributed by atoms with Crippen LogP contribution < -0.4 is 11.3 Å². The zero-order valence-corrected chi connectivity index (χ0v) is 11.7. The number of fused-ring (bicyclic) bond motifs is 2. The van der Waals surface area contributed by atoms with Crippen molar-refractivity contribution in [2.45, 2.75) is 43.8 Å². The predicted octanol–water partition coefficient (Wildman–Crippen LogP) is 2.34. The normalized spacial score (nSPS) is 31.5. The molecule has 110 valence electrons. The Kier molecular flexibility index (Phi) is 3.75. The fourth-order valence-electron chi connectivity index (χ4n) is 3.94. The summed E-state index contributed by atoms with van der Waals surface area (Å²) in [6, 6.07) is 5.16. The molecule has 20 heavy (non-hydrogen) atoms. The summed E-state index contributed by atoms with van der Waals surface area (Å²) in [6.45, 7) is 0. The quantitative estimate of drug-likeness (QED) is 0.660.